The van der Waals surface area contributed by atoms with Gasteiger partial charge in [-0.3, -0.25) is 24.4 Å². The second kappa shape index (κ2) is 13.8. The summed E-state index contributed by atoms with van der Waals surface area (Å²) in [5, 5.41) is 22.3. The molecule has 1 spiro atoms. The summed E-state index contributed by atoms with van der Waals surface area (Å²) in [7, 11) is 0. The van der Waals surface area contributed by atoms with Crippen molar-refractivity contribution in [2.75, 3.05) is 50.8 Å². The first-order valence-electron chi connectivity index (χ1n) is 18.7. The van der Waals surface area contributed by atoms with Crippen molar-refractivity contribution in [3.8, 4) is 28.5 Å². The number of anilines is 1. The quantitative estimate of drug-likeness (QED) is 0.187. The van der Waals surface area contributed by atoms with Gasteiger partial charge in [-0.25, -0.2) is 9.97 Å². The number of hydrogen-bond acceptors (Lipinski definition) is 10. The monoisotopic (exact) mass is 715 g/mol. The number of carbonyl (C=O) groups is 1. The van der Waals surface area contributed by atoms with Crippen molar-refractivity contribution in [2.24, 2.45) is 5.41 Å². The number of carbonyl (C=O) groups excluding carboxylic acids is 1. The highest BCUT2D eigenvalue weighted by Crippen LogP contribution is 2.44. The fourth-order valence-electron chi connectivity index (χ4n) is 8.27. The van der Waals surface area contributed by atoms with Crippen LogP contribution in [0, 0.1) is 5.41 Å². The number of fused-ring (bicyclic) bond motifs is 1. The summed E-state index contributed by atoms with van der Waals surface area (Å²) in [5.41, 5.74) is 6.73. The lowest BCUT2D eigenvalue weighted by Gasteiger charge is -2.26. The maximum atomic E-state index is 14.1. The molecule has 2 unspecified atom stereocenters. The molecule has 3 aromatic heterocycles. The van der Waals surface area contributed by atoms with Crippen LogP contribution >= 0.6 is 0 Å². The number of H-pyrrole nitrogens is 1. The van der Waals surface area contributed by atoms with Crippen molar-refractivity contribution in [3.63, 3.8) is 0 Å². The molecular formula is C40H45N9O4. The van der Waals surface area contributed by atoms with Crippen LogP contribution in [0.3, 0.4) is 0 Å². The molecule has 2 aromatic carbocycles. The Balaban J connectivity index is 0.791. The van der Waals surface area contributed by atoms with Gasteiger partial charge in [-0.15, -0.1) is 0 Å². The minimum absolute atomic E-state index is 0.0389. The number of rotatable bonds is 11. The summed E-state index contributed by atoms with van der Waals surface area (Å²) < 4.78 is 13.6. The molecule has 3 fully saturated rings. The molecule has 0 aliphatic carbocycles. The predicted octanol–water partition coefficient (Wildman–Crippen LogP) is 4.61. The van der Waals surface area contributed by atoms with Crippen molar-refractivity contribution in [3.05, 3.63) is 78.8 Å². The molecule has 3 atom stereocenters. The number of benzene rings is 2. The lowest BCUT2D eigenvalue weighted by atomic mass is 9.85. The summed E-state index contributed by atoms with van der Waals surface area (Å²) in [4.78, 5) is 29.8. The highest BCUT2D eigenvalue weighted by molar-refractivity contribution is 6.03. The number of epoxide rings is 1. The van der Waals surface area contributed by atoms with Gasteiger partial charge in [-0.1, -0.05) is 30.3 Å². The standard InChI is InChI=1S/C40H45N9O4/c1-26(2)52-35-10-7-30(22-41-35)36-32-21-31(8-9-33(32)43-44-36)49-18-14-40(39(49)51)13-17-46(24-40)23-34-38(53-34)47-15-11-28(12-16-47)27-3-5-29(6-4-27)37-42-25-48(45-37)19-20-50/h3-11,21-22,25-26,34,38,50H,12-20,23-24H2,1-2H3,(H,43,44)/t34?,38?,40-/m0/s1. The normalized spacial score (nSPS) is 23.5. The summed E-state index contributed by atoms with van der Waals surface area (Å²) in [6.07, 6.45) is 8.83. The van der Waals surface area contributed by atoms with E-state index in [4.69, 9.17) is 14.6 Å². The zero-order chi connectivity index (χ0) is 36.1. The van der Waals surface area contributed by atoms with Gasteiger partial charge in [0, 0.05) is 67.2 Å². The van der Waals surface area contributed by atoms with E-state index in [1.165, 1.54) is 11.1 Å². The maximum Gasteiger partial charge on any atom is 0.234 e. The molecule has 5 aromatic rings. The Labute approximate surface area is 308 Å². The molecule has 53 heavy (non-hydrogen) atoms. The van der Waals surface area contributed by atoms with Crippen molar-refractivity contribution >= 4 is 28.1 Å². The van der Waals surface area contributed by atoms with E-state index in [1.807, 2.05) is 43.0 Å². The SMILES string of the molecule is CC(C)Oc1ccc(-c2n[nH]c3ccc(N4CC[C@]5(CCN(CC6OC6N6CC=C(c7ccc(-c8ncn(CCO)n8)cc7)CC6)C5)C4=O)cc23)cn1. The van der Waals surface area contributed by atoms with E-state index in [9.17, 15) is 4.79 Å². The number of ether oxygens (including phenoxy) is 2. The van der Waals surface area contributed by atoms with Gasteiger partial charge in [-0.2, -0.15) is 10.2 Å². The van der Waals surface area contributed by atoms with Crippen LogP contribution in [0.15, 0.2) is 73.2 Å². The first-order valence-corrected chi connectivity index (χ1v) is 18.7. The maximum absolute atomic E-state index is 14.1. The topological polar surface area (TPSA) is 141 Å². The number of nitrogens with zero attached hydrogens (tertiary/aromatic N) is 8. The molecular weight excluding hydrogens is 670 g/mol. The number of likely N-dealkylation sites (tertiary alicyclic amines) is 1. The summed E-state index contributed by atoms with van der Waals surface area (Å²) in [6, 6.07) is 18.4. The number of hydrogen-bond donors (Lipinski definition) is 2. The van der Waals surface area contributed by atoms with Crippen LogP contribution in [-0.2, 0) is 16.1 Å². The molecule has 4 aliphatic rings. The van der Waals surface area contributed by atoms with Crippen LogP contribution in [0.5, 0.6) is 5.88 Å². The molecule has 0 saturated carbocycles. The lowest BCUT2D eigenvalue weighted by Crippen LogP contribution is -2.38. The van der Waals surface area contributed by atoms with Gasteiger partial charge in [0.25, 0.3) is 0 Å². The van der Waals surface area contributed by atoms with Gasteiger partial charge in [0.2, 0.25) is 11.8 Å². The third-order valence-corrected chi connectivity index (χ3v) is 11.1. The van der Waals surface area contributed by atoms with Gasteiger partial charge in [0.1, 0.15) is 24.4 Å². The third kappa shape index (κ3) is 6.63. The van der Waals surface area contributed by atoms with Crippen molar-refractivity contribution in [1.82, 2.24) is 39.7 Å². The summed E-state index contributed by atoms with van der Waals surface area (Å²) in [6.45, 7) is 9.52. The number of amides is 1. The Bertz CT molecular complexity index is 2140. The Morgan fingerprint density at radius 1 is 1.02 bits per heavy atom. The Hall–Kier alpha value is -4.95. The van der Waals surface area contributed by atoms with Crippen molar-refractivity contribution in [2.45, 2.75) is 58.1 Å². The van der Waals surface area contributed by atoms with E-state index in [-0.39, 0.29) is 36.4 Å². The first-order chi connectivity index (χ1) is 25.9. The zero-order valence-corrected chi connectivity index (χ0v) is 30.2. The van der Waals surface area contributed by atoms with Gasteiger partial charge < -0.3 is 19.5 Å². The Morgan fingerprint density at radius 3 is 2.62 bits per heavy atom. The molecule has 274 valence electrons. The molecule has 13 nitrogen and oxygen atoms in total. The molecule has 13 heteroatoms. The van der Waals surface area contributed by atoms with Crippen LogP contribution in [0.4, 0.5) is 5.69 Å². The van der Waals surface area contributed by atoms with Crippen LogP contribution in [0.2, 0.25) is 0 Å². The summed E-state index contributed by atoms with van der Waals surface area (Å²) >= 11 is 0. The molecule has 0 bridgehead atoms. The molecule has 7 heterocycles. The number of aliphatic hydroxyl groups excluding tert-OH is 1. The van der Waals surface area contributed by atoms with E-state index in [0.717, 1.165) is 85.4 Å². The number of aliphatic hydroxyl groups is 1. The number of aromatic amines is 1. The average Bonchev–Trinajstić information content (AvgIpc) is 3.55. The molecule has 2 N–H and O–H groups in total. The fraction of sp³-hybridized carbons (Fsp3) is 0.425. The second-order valence-electron chi connectivity index (χ2n) is 15.0. The largest absolute Gasteiger partial charge is 0.475 e. The molecule has 9 rings (SSSR count). The van der Waals surface area contributed by atoms with Gasteiger partial charge in [0.15, 0.2) is 5.82 Å². The van der Waals surface area contributed by atoms with Crippen molar-refractivity contribution in [1.29, 1.82) is 0 Å². The van der Waals surface area contributed by atoms with E-state index >= 15 is 0 Å². The van der Waals surface area contributed by atoms with Crippen LogP contribution < -0.4 is 9.64 Å². The second-order valence-corrected chi connectivity index (χ2v) is 15.0. The first kappa shape index (κ1) is 33.9. The molecule has 1 amide bonds. The van der Waals surface area contributed by atoms with E-state index in [2.05, 4.69) is 71.5 Å². The molecule has 4 aliphatic heterocycles. The average molecular weight is 716 g/mol. The number of aromatic nitrogens is 6. The fourth-order valence-corrected chi connectivity index (χ4v) is 8.27. The van der Waals surface area contributed by atoms with Gasteiger partial charge in [0.05, 0.1) is 30.2 Å². The van der Waals surface area contributed by atoms with Crippen LogP contribution in [-0.4, -0.2) is 115 Å². The zero-order valence-electron chi connectivity index (χ0n) is 30.2. The smallest absolute Gasteiger partial charge is 0.234 e. The van der Waals surface area contributed by atoms with E-state index in [1.54, 1.807) is 17.2 Å². The lowest BCUT2D eigenvalue weighted by molar-refractivity contribution is -0.125. The molecule has 0 radical (unpaired) electrons. The van der Waals surface area contributed by atoms with Crippen molar-refractivity contribution < 1.29 is 19.4 Å². The van der Waals surface area contributed by atoms with Crippen LogP contribution in [0.25, 0.3) is 39.1 Å². The minimum Gasteiger partial charge on any atom is -0.475 e. The Kier molecular flexibility index (Phi) is 8.81. The number of nitrogens with one attached hydrogen (secondary N) is 1. The van der Waals surface area contributed by atoms with Gasteiger partial charge >= 0.3 is 0 Å². The van der Waals surface area contributed by atoms with E-state index < -0.39 is 0 Å². The third-order valence-electron chi connectivity index (χ3n) is 11.1. The number of pyridine rings is 1. The minimum atomic E-state index is -0.345. The van der Waals surface area contributed by atoms with Crippen LogP contribution in [0.1, 0.15) is 38.7 Å². The van der Waals surface area contributed by atoms with Gasteiger partial charge in [-0.05, 0) is 75.1 Å². The highest BCUT2D eigenvalue weighted by atomic mass is 16.6. The highest BCUT2D eigenvalue weighted by Gasteiger charge is 2.53. The summed E-state index contributed by atoms with van der Waals surface area (Å²) in [5.74, 6) is 1.48. The predicted molar refractivity (Wildman–Crippen MR) is 201 cm³/mol. The molecule has 3 saturated heterocycles. The van der Waals surface area contributed by atoms with E-state index in [0.29, 0.717) is 24.8 Å². The Morgan fingerprint density at radius 2 is 1.85 bits per heavy atom.